The van der Waals surface area contributed by atoms with Crippen LogP contribution in [0, 0.1) is 0 Å². The molecule has 3 rings (SSSR count). The van der Waals surface area contributed by atoms with Gasteiger partial charge in [0.25, 0.3) is 0 Å². The zero-order valence-electron chi connectivity index (χ0n) is 20.0. The van der Waals surface area contributed by atoms with Gasteiger partial charge in [-0.05, 0) is 42.3 Å². The van der Waals surface area contributed by atoms with Crippen molar-refractivity contribution in [3.8, 4) is 0 Å². The van der Waals surface area contributed by atoms with Gasteiger partial charge in [-0.15, -0.1) is 0 Å². The van der Waals surface area contributed by atoms with Gasteiger partial charge in [0, 0.05) is 45.5 Å². The summed E-state index contributed by atoms with van der Waals surface area (Å²) in [6, 6.07) is 11.0. The van der Waals surface area contributed by atoms with E-state index in [2.05, 4.69) is 10.6 Å². The fourth-order valence-corrected chi connectivity index (χ4v) is 4.16. The van der Waals surface area contributed by atoms with Gasteiger partial charge in [0.05, 0.1) is 12.1 Å². The minimum atomic E-state index is -4.49. The lowest BCUT2D eigenvalue weighted by atomic mass is 9.97. The van der Waals surface area contributed by atoms with Crippen LogP contribution in [0.1, 0.15) is 22.3 Å². The second-order valence-electron chi connectivity index (χ2n) is 8.37. The number of hydrogen-bond acceptors (Lipinski definition) is 5. The van der Waals surface area contributed by atoms with Crippen LogP contribution < -0.4 is 10.6 Å². The third-order valence-corrected chi connectivity index (χ3v) is 5.98. The Morgan fingerprint density at radius 1 is 1.14 bits per heavy atom. The first-order valence-corrected chi connectivity index (χ1v) is 11.4. The van der Waals surface area contributed by atoms with E-state index >= 15 is 0 Å². The Morgan fingerprint density at radius 3 is 2.63 bits per heavy atom. The molecule has 2 aromatic carbocycles. The third kappa shape index (κ3) is 6.95. The molecule has 190 valence electrons. The minimum Gasteiger partial charge on any atom is -0.376 e. The first kappa shape index (κ1) is 26.5. The maximum Gasteiger partial charge on any atom is 0.416 e. The highest BCUT2D eigenvalue weighted by Gasteiger charge is 2.33. The van der Waals surface area contributed by atoms with Gasteiger partial charge >= 0.3 is 6.18 Å². The molecule has 0 aliphatic carbocycles. The average molecular weight is 493 g/mol. The first-order valence-electron chi connectivity index (χ1n) is 11.4. The van der Waals surface area contributed by atoms with E-state index < -0.39 is 11.7 Å². The molecule has 1 heterocycles. The summed E-state index contributed by atoms with van der Waals surface area (Å²) in [4.78, 5) is 28.4. The van der Waals surface area contributed by atoms with E-state index in [9.17, 15) is 22.8 Å². The van der Waals surface area contributed by atoms with Crippen molar-refractivity contribution in [3.63, 3.8) is 0 Å². The number of carbonyl (C=O) groups excluding carboxylic acids is 2. The van der Waals surface area contributed by atoms with Crippen molar-refractivity contribution in [2.45, 2.75) is 25.7 Å². The molecule has 0 aromatic heterocycles. The molecule has 0 bridgehead atoms. The number of ether oxygens (including phenoxy) is 1. The number of nitrogens with one attached hydrogen (secondary N) is 2. The number of fused-ring (bicyclic) bond motifs is 1. The zero-order valence-corrected chi connectivity index (χ0v) is 20.0. The van der Waals surface area contributed by atoms with Gasteiger partial charge in [-0.1, -0.05) is 30.3 Å². The van der Waals surface area contributed by atoms with E-state index in [1.807, 2.05) is 18.2 Å². The molecule has 1 aliphatic heterocycles. The lowest BCUT2D eigenvalue weighted by Gasteiger charge is -2.30. The van der Waals surface area contributed by atoms with Crippen LogP contribution in [0.3, 0.4) is 0 Å². The number of amides is 2. The van der Waals surface area contributed by atoms with Crippen molar-refractivity contribution in [1.29, 1.82) is 0 Å². The van der Waals surface area contributed by atoms with Crippen molar-refractivity contribution >= 4 is 17.5 Å². The fraction of sp³-hybridized carbons (Fsp3) is 0.440. The molecule has 0 fully saturated rings. The van der Waals surface area contributed by atoms with Gasteiger partial charge in [-0.3, -0.25) is 9.59 Å². The molecule has 0 unspecified atom stereocenters. The molecule has 2 aromatic rings. The summed E-state index contributed by atoms with van der Waals surface area (Å²) >= 11 is 0. The Hall–Kier alpha value is -3.11. The molecular weight excluding hydrogens is 461 g/mol. The second kappa shape index (κ2) is 12.0. The molecule has 2 N–H and O–H groups in total. The van der Waals surface area contributed by atoms with Crippen LogP contribution in [0.5, 0.6) is 0 Å². The van der Waals surface area contributed by atoms with Crippen LogP contribution >= 0.6 is 0 Å². The number of nitrogens with zero attached hydrogens (tertiary/aromatic N) is 2. The van der Waals surface area contributed by atoms with E-state index in [-0.39, 0.29) is 43.6 Å². The van der Waals surface area contributed by atoms with E-state index in [4.69, 9.17) is 4.74 Å². The van der Waals surface area contributed by atoms with Crippen molar-refractivity contribution in [3.05, 3.63) is 64.7 Å². The lowest BCUT2D eigenvalue weighted by molar-refractivity contribution is -0.139. The fourth-order valence-electron chi connectivity index (χ4n) is 4.16. The predicted molar refractivity (Wildman–Crippen MR) is 127 cm³/mol. The molecule has 0 saturated carbocycles. The standard InChI is InChI=1S/C25H31F3N4O3/c1-29-11-13-32(16-19-6-3-4-8-21(19)25(26,27)28)23(33)14-30-22-9-5-7-18-15-31(12-10-20(18)22)24(34)17-35-2/h3-9,29-30H,10-17H2,1-2H3. The molecule has 35 heavy (non-hydrogen) atoms. The Bertz CT molecular complexity index is 1030. The molecule has 0 saturated heterocycles. The monoisotopic (exact) mass is 492 g/mol. The van der Waals surface area contributed by atoms with Crippen LogP contribution in [-0.4, -0.2) is 68.6 Å². The largest absolute Gasteiger partial charge is 0.416 e. The normalized spacial score (nSPS) is 13.3. The molecule has 7 nitrogen and oxygen atoms in total. The average Bonchev–Trinajstić information content (AvgIpc) is 2.84. The summed E-state index contributed by atoms with van der Waals surface area (Å²) in [6.07, 6.45) is -3.86. The van der Waals surface area contributed by atoms with E-state index in [0.29, 0.717) is 26.1 Å². The highest BCUT2D eigenvalue weighted by atomic mass is 19.4. The van der Waals surface area contributed by atoms with Crippen molar-refractivity contribution in [1.82, 2.24) is 15.1 Å². The lowest BCUT2D eigenvalue weighted by Crippen LogP contribution is -2.40. The highest BCUT2D eigenvalue weighted by molar-refractivity contribution is 5.81. The van der Waals surface area contributed by atoms with Gasteiger partial charge in [0.2, 0.25) is 11.8 Å². The number of benzene rings is 2. The van der Waals surface area contributed by atoms with Crippen LogP contribution in [0.4, 0.5) is 18.9 Å². The topological polar surface area (TPSA) is 73.9 Å². The molecule has 0 atom stereocenters. The number of carbonyl (C=O) groups is 2. The van der Waals surface area contributed by atoms with E-state index in [1.54, 1.807) is 18.0 Å². The Kier molecular flexibility index (Phi) is 9.11. The Balaban J connectivity index is 1.70. The zero-order chi connectivity index (χ0) is 25.4. The minimum absolute atomic E-state index is 0.0295. The quantitative estimate of drug-likeness (QED) is 0.534. The molecule has 2 amide bonds. The van der Waals surface area contributed by atoms with Crippen LogP contribution in [-0.2, 0) is 40.0 Å². The number of anilines is 1. The number of methoxy groups -OCH3 is 1. The summed E-state index contributed by atoms with van der Waals surface area (Å²) in [7, 11) is 3.21. The Morgan fingerprint density at radius 2 is 1.91 bits per heavy atom. The van der Waals surface area contributed by atoms with Crippen molar-refractivity contribution in [2.24, 2.45) is 0 Å². The van der Waals surface area contributed by atoms with Crippen molar-refractivity contribution < 1.29 is 27.5 Å². The Labute approximate surface area is 203 Å². The van der Waals surface area contributed by atoms with Gasteiger partial charge < -0.3 is 25.2 Å². The van der Waals surface area contributed by atoms with Crippen molar-refractivity contribution in [2.75, 3.05) is 52.3 Å². The number of alkyl halides is 3. The summed E-state index contributed by atoms with van der Waals surface area (Å²) in [5.41, 5.74) is 2.14. The SMILES string of the molecule is CNCCN(Cc1ccccc1C(F)(F)F)C(=O)CNc1cccc2c1CCN(C(=O)COC)C2. The highest BCUT2D eigenvalue weighted by Crippen LogP contribution is 2.32. The molecular formula is C25H31F3N4O3. The van der Waals surface area contributed by atoms with E-state index in [0.717, 1.165) is 22.9 Å². The van der Waals surface area contributed by atoms with Gasteiger partial charge in [0.15, 0.2) is 0 Å². The maximum absolute atomic E-state index is 13.4. The predicted octanol–water partition coefficient (Wildman–Crippen LogP) is 2.90. The van der Waals surface area contributed by atoms with Gasteiger partial charge in [-0.25, -0.2) is 0 Å². The molecule has 0 spiro atoms. The summed E-state index contributed by atoms with van der Waals surface area (Å²) < 4.78 is 45.3. The smallest absolute Gasteiger partial charge is 0.376 e. The number of likely N-dealkylation sites (N-methyl/N-ethyl adjacent to an activating group) is 1. The second-order valence-corrected chi connectivity index (χ2v) is 8.37. The number of hydrogen-bond donors (Lipinski definition) is 2. The maximum atomic E-state index is 13.4. The summed E-state index contributed by atoms with van der Waals surface area (Å²) in [5.74, 6) is -0.381. The van der Waals surface area contributed by atoms with Gasteiger partial charge in [-0.2, -0.15) is 13.2 Å². The van der Waals surface area contributed by atoms with Crippen LogP contribution in [0.25, 0.3) is 0 Å². The first-order chi connectivity index (χ1) is 16.7. The molecule has 0 radical (unpaired) electrons. The summed E-state index contributed by atoms with van der Waals surface area (Å²) in [6.45, 7) is 1.57. The third-order valence-electron chi connectivity index (χ3n) is 5.98. The molecule has 10 heteroatoms. The summed E-state index contributed by atoms with van der Waals surface area (Å²) in [5, 5.41) is 6.11. The van der Waals surface area contributed by atoms with Crippen LogP contribution in [0.2, 0.25) is 0 Å². The number of rotatable bonds is 10. The van der Waals surface area contributed by atoms with Gasteiger partial charge in [0.1, 0.15) is 6.61 Å². The van der Waals surface area contributed by atoms with E-state index in [1.165, 1.54) is 24.1 Å². The van der Waals surface area contributed by atoms with Crippen LogP contribution in [0.15, 0.2) is 42.5 Å². The number of halogens is 3. The molecule has 1 aliphatic rings.